The average molecular weight is 296 g/mol. The molecule has 1 heterocycles. The minimum Gasteiger partial charge on any atom is -0.351 e. The van der Waals surface area contributed by atoms with Crippen LogP contribution in [0.2, 0.25) is 0 Å². The Balaban J connectivity index is 2.11. The van der Waals surface area contributed by atoms with Gasteiger partial charge >= 0.3 is 0 Å². The molecule has 0 aliphatic heterocycles. The molecule has 0 saturated carbocycles. The molecule has 0 bridgehead atoms. The summed E-state index contributed by atoms with van der Waals surface area (Å²) < 4.78 is 0. The first-order chi connectivity index (χ1) is 10.6. The number of hydrogen-bond acceptors (Lipinski definition) is 4. The third kappa shape index (κ3) is 3.91. The summed E-state index contributed by atoms with van der Waals surface area (Å²) in [6.07, 6.45) is 4.73. The van der Waals surface area contributed by atoms with Crippen LogP contribution in [0.4, 0.5) is 11.6 Å². The largest absolute Gasteiger partial charge is 0.351 e. The Labute approximate surface area is 130 Å². The van der Waals surface area contributed by atoms with Crippen molar-refractivity contribution >= 4 is 17.5 Å². The van der Waals surface area contributed by atoms with Crippen LogP contribution in [-0.2, 0) is 0 Å². The van der Waals surface area contributed by atoms with Crippen LogP contribution < -0.4 is 10.6 Å². The lowest BCUT2D eigenvalue weighted by Gasteiger charge is -2.13. The Bertz CT molecular complexity index is 650. The summed E-state index contributed by atoms with van der Waals surface area (Å²) in [5.74, 6) is 0.584. The number of para-hydroxylation sites is 1. The fourth-order valence-corrected chi connectivity index (χ4v) is 2.01. The Morgan fingerprint density at radius 2 is 1.95 bits per heavy atom. The van der Waals surface area contributed by atoms with E-state index in [2.05, 4.69) is 41.0 Å². The van der Waals surface area contributed by atoms with E-state index in [0.717, 1.165) is 11.3 Å². The van der Waals surface area contributed by atoms with Crippen LogP contribution in [0.3, 0.4) is 0 Å². The number of amides is 1. The van der Waals surface area contributed by atoms with Gasteiger partial charge in [-0.2, -0.15) is 0 Å². The van der Waals surface area contributed by atoms with Gasteiger partial charge in [0.15, 0.2) is 0 Å². The molecular weight excluding hydrogens is 276 g/mol. The standard InChI is InChI=1S/C17H20N4O/c1-4-9-18-17-19-10-13(11-20-17)16(22)21-15-8-6-5-7-14(15)12(2)3/h4-8,10-12H,1,9H2,2-3H3,(H,21,22)(H,18,19,20). The van der Waals surface area contributed by atoms with E-state index in [1.807, 2.05) is 24.3 Å². The second kappa shape index (κ2) is 7.36. The van der Waals surface area contributed by atoms with Crippen molar-refractivity contribution in [1.29, 1.82) is 0 Å². The van der Waals surface area contributed by atoms with Crippen molar-refractivity contribution in [2.24, 2.45) is 0 Å². The predicted molar refractivity (Wildman–Crippen MR) is 89.2 cm³/mol. The van der Waals surface area contributed by atoms with E-state index in [0.29, 0.717) is 24.0 Å². The van der Waals surface area contributed by atoms with Crippen molar-refractivity contribution < 1.29 is 4.79 Å². The maximum atomic E-state index is 12.3. The smallest absolute Gasteiger partial charge is 0.258 e. The minimum absolute atomic E-state index is 0.219. The number of nitrogens with zero attached hydrogens (tertiary/aromatic N) is 2. The van der Waals surface area contributed by atoms with Crippen molar-refractivity contribution in [2.75, 3.05) is 17.2 Å². The second-order valence-corrected chi connectivity index (χ2v) is 5.16. The monoisotopic (exact) mass is 296 g/mol. The summed E-state index contributed by atoms with van der Waals surface area (Å²) in [4.78, 5) is 20.5. The summed E-state index contributed by atoms with van der Waals surface area (Å²) in [6.45, 7) is 8.37. The van der Waals surface area contributed by atoms with Gasteiger partial charge in [0.1, 0.15) is 0 Å². The summed E-state index contributed by atoms with van der Waals surface area (Å²) in [5.41, 5.74) is 2.33. The molecule has 0 aliphatic carbocycles. The fraction of sp³-hybridized carbons (Fsp3) is 0.235. The number of rotatable bonds is 6. The van der Waals surface area contributed by atoms with Gasteiger partial charge in [-0.05, 0) is 17.5 Å². The second-order valence-electron chi connectivity index (χ2n) is 5.16. The highest BCUT2D eigenvalue weighted by atomic mass is 16.1. The number of hydrogen-bond donors (Lipinski definition) is 2. The molecule has 22 heavy (non-hydrogen) atoms. The first-order valence-corrected chi connectivity index (χ1v) is 7.19. The number of nitrogens with one attached hydrogen (secondary N) is 2. The Morgan fingerprint density at radius 3 is 2.59 bits per heavy atom. The molecule has 2 N–H and O–H groups in total. The molecular formula is C17H20N4O. The van der Waals surface area contributed by atoms with Crippen molar-refractivity contribution in [3.05, 3.63) is 60.4 Å². The van der Waals surface area contributed by atoms with Crippen LogP contribution in [0.5, 0.6) is 0 Å². The lowest BCUT2D eigenvalue weighted by atomic mass is 10.0. The molecule has 1 amide bonds. The van der Waals surface area contributed by atoms with E-state index in [9.17, 15) is 4.79 Å². The van der Waals surface area contributed by atoms with E-state index in [1.54, 1.807) is 6.08 Å². The van der Waals surface area contributed by atoms with Gasteiger partial charge in [0, 0.05) is 24.6 Å². The first-order valence-electron chi connectivity index (χ1n) is 7.19. The van der Waals surface area contributed by atoms with Gasteiger partial charge < -0.3 is 10.6 Å². The van der Waals surface area contributed by atoms with Crippen LogP contribution in [0, 0.1) is 0 Å². The van der Waals surface area contributed by atoms with Crippen LogP contribution in [0.15, 0.2) is 49.3 Å². The lowest BCUT2D eigenvalue weighted by molar-refractivity contribution is 0.102. The average Bonchev–Trinajstić information content (AvgIpc) is 2.53. The number of carbonyl (C=O) groups is 1. The Morgan fingerprint density at radius 1 is 1.27 bits per heavy atom. The summed E-state index contributed by atoms with van der Waals surface area (Å²) in [5, 5.41) is 5.88. The normalized spacial score (nSPS) is 10.3. The van der Waals surface area contributed by atoms with Crippen molar-refractivity contribution in [3.8, 4) is 0 Å². The van der Waals surface area contributed by atoms with Crippen molar-refractivity contribution in [1.82, 2.24) is 9.97 Å². The van der Waals surface area contributed by atoms with Crippen LogP contribution in [-0.4, -0.2) is 22.4 Å². The van der Waals surface area contributed by atoms with Crippen LogP contribution in [0.25, 0.3) is 0 Å². The number of aromatic nitrogens is 2. The maximum Gasteiger partial charge on any atom is 0.258 e. The van der Waals surface area contributed by atoms with Gasteiger partial charge in [-0.3, -0.25) is 4.79 Å². The minimum atomic E-state index is -0.219. The van der Waals surface area contributed by atoms with E-state index < -0.39 is 0 Å². The summed E-state index contributed by atoms with van der Waals surface area (Å²) in [7, 11) is 0. The summed E-state index contributed by atoms with van der Waals surface area (Å²) in [6, 6.07) is 7.78. The Hall–Kier alpha value is -2.69. The molecule has 0 unspecified atom stereocenters. The molecule has 1 aromatic heterocycles. The highest BCUT2D eigenvalue weighted by molar-refractivity contribution is 6.04. The van der Waals surface area contributed by atoms with Gasteiger partial charge in [0.05, 0.1) is 5.56 Å². The zero-order valence-electron chi connectivity index (χ0n) is 12.8. The van der Waals surface area contributed by atoms with E-state index in [-0.39, 0.29) is 5.91 Å². The quantitative estimate of drug-likeness (QED) is 0.801. The molecule has 2 rings (SSSR count). The predicted octanol–water partition coefficient (Wildman–Crippen LogP) is 3.45. The molecule has 0 atom stereocenters. The van der Waals surface area contributed by atoms with Gasteiger partial charge in [-0.15, -0.1) is 6.58 Å². The molecule has 0 spiro atoms. The van der Waals surface area contributed by atoms with Crippen LogP contribution >= 0.6 is 0 Å². The molecule has 2 aromatic rings. The number of benzene rings is 1. The van der Waals surface area contributed by atoms with Gasteiger partial charge in [0.2, 0.25) is 5.95 Å². The molecule has 0 fully saturated rings. The van der Waals surface area contributed by atoms with E-state index in [4.69, 9.17) is 0 Å². The highest BCUT2D eigenvalue weighted by Crippen LogP contribution is 2.24. The molecule has 114 valence electrons. The number of anilines is 2. The maximum absolute atomic E-state index is 12.3. The Kier molecular flexibility index (Phi) is 5.25. The van der Waals surface area contributed by atoms with Crippen molar-refractivity contribution in [3.63, 3.8) is 0 Å². The van der Waals surface area contributed by atoms with E-state index >= 15 is 0 Å². The number of carbonyl (C=O) groups excluding carboxylic acids is 1. The fourth-order valence-electron chi connectivity index (χ4n) is 2.01. The SMILES string of the molecule is C=CCNc1ncc(C(=O)Nc2ccccc2C(C)C)cn1. The molecule has 0 saturated heterocycles. The third-order valence-electron chi connectivity index (χ3n) is 3.15. The van der Waals surface area contributed by atoms with Gasteiger partial charge in [0.25, 0.3) is 5.91 Å². The molecule has 5 nitrogen and oxygen atoms in total. The lowest BCUT2D eigenvalue weighted by Crippen LogP contribution is -2.15. The summed E-state index contributed by atoms with van der Waals surface area (Å²) >= 11 is 0. The molecule has 5 heteroatoms. The zero-order chi connectivity index (χ0) is 15.9. The van der Waals surface area contributed by atoms with E-state index in [1.165, 1.54) is 12.4 Å². The zero-order valence-corrected chi connectivity index (χ0v) is 12.8. The van der Waals surface area contributed by atoms with Crippen molar-refractivity contribution in [2.45, 2.75) is 19.8 Å². The van der Waals surface area contributed by atoms with Gasteiger partial charge in [-0.25, -0.2) is 9.97 Å². The van der Waals surface area contributed by atoms with Gasteiger partial charge in [-0.1, -0.05) is 38.1 Å². The highest BCUT2D eigenvalue weighted by Gasteiger charge is 2.11. The van der Waals surface area contributed by atoms with Crippen LogP contribution in [0.1, 0.15) is 35.7 Å². The first kappa shape index (κ1) is 15.7. The third-order valence-corrected chi connectivity index (χ3v) is 3.15. The molecule has 0 radical (unpaired) electrons. The molecule has 0 aliphatic rings. The topological polar surface area (TPSA) is 66.9 Å². The molecule has 1 aromatic carbocycles.